The van der Waals surface area contributed by atoms with Crippen LogP contribution in [0.5, 0.6) is 0 Å². The van der Waals surface area contributed by atoms with Crippen LogP contribution >= 0.6 is 24.0 Å². The maximum atomic E-state index is 13.9. The lowest BCUT2D eigenvalue weighted by Gasteiger charge is -2.42. The fourth-order valence-electron chi connectivity index (χ4n) is 4.40. The van der Waals surface area contributed by atoms with Crippen LogP contribution in [-0.4, -0.2) is 53.0 Å². The average Bonchev–Trinajstić information content (AvgIpc) is 2.69. The van der Waals surface area contributed by atoms with E-state index < -0.39 is 0 Å². The number of nitrogens with one attached hydrogen (secondary N) is 2. The minimum absolute atomic E-state index is 0. The summed E-state index contributed by atoms with van der Waals surface area (Å²) in [6, 6.07) is 6.99. The Balaban J connectivity index is 0.00000300. The van der Waals surface area contributed by atoms with Crippen molar-refractivity contribution in [3.05, 3.63) is 35.6 Å². The molecule has 7 heteroatoms. The van der Waals surface area contributed by atoms with Crippen LogP contribution in [0.1, 0.15) is 44.1 Å². The minimum atomic E-state index is -0.184. The van der Waals surface area contributed by atoms with Gasteiger partial charge < -0.3 is 20.1 Å². The van der Waals surface area contributed by atoms with Crippen molar-refractivity contribution in [3.8, 4) is 0 Å². The predicted molar refractivity (Wildman–Crippen MR) is 126 cm³/mol. The fourth-order valence-corrected chi connectivity index (χ4v) is 4.40. The molecule has 0 spiro atoms. The van der Waals surface area contributed by atoms with Gasteiger partial charge in [-0.2, -0.15) is 0 Å². The van der Waals surface area contributed by atoms with E-state index in [-0.39, 0.29) is 35.2 Å². The SMILES string of the molecule is CN=C(NCC1(CCOC)CCC1)NCC1(c2cccc(F)c2)CCOCC1.I. The predicted octanol–water partition coefficient (Wildman–Crippen LogP) is 3.86. The monoisotopic (exact) mass is 519 g/mol. The van der Waals surface area contributed by atoms with Gasteiger partial charge in [-0.3, -0.25) is 4.99 Å². The lowest BCUT2D eigenvalue weighted by atomic mass is 9.67. The highest BCUT2D eigenvalue weighted by atomic mass is 127. The van der Waals surface area contributed by atoms with Crippen molar-refractivity contribution >= 4 is 29.9 Å². The average molecular weight is 519 g/mol. The number of nitrogens with zero attached hydrogens (tertiary/aromatic N) is 1. The van der Waals surface area contributed by atoms with E-state index in [0.29, 0.717) is 25.2 Å². The van der Waals surface area contributed by atoms with Crippen molar-refractivity contribution in [2.24, 2.45) is 10.4 Å². The Kier molecular flexibility index (Phi) is 9.62. The summed E-state index contributed by atoms with van der Waals surface area (Å²) in [4.78, 5) is 4.41. The summed E-state index contributed by atoms with van der Waals surface area (Å²) < 4.78 is 24.7. The highest BCUT2D eigenvalue weighted by Crippen LogP contribution is 2.43. The molecule has 29 heavy (non-hydrogen) atoms. The zero-order valence-electron chi connectivity index (χ0n) is 17.6. The van der Waals surface area contributed by atoms with Crippen LogP contribution in [0.3, 0.4) is 0 Å². The fraction of sp³-hybridized carbons (Fsp3) is 0.682. The van der Waals surface area contributed by atoms with Crippen molar-refractivity contribution in [2.75, 3.05) is 47.1 Å². The molecule has 1 saturated heterocycles. The Morgan fingerprint density at radius 3 is 2.48 bits per heavy atom. The number of hydrogen-bond donors (Lipinski definition) is 2. The van der Waals surface area contributed by atoms with Crippen molar-refractivity contribution in [1.82, 2.24) is 10.6 Å². The second kappa shape index (κ2) is 11.5. The molecule has 0 unspecified atom stereocenters. The number of rotatable bonds is 8. The summed E-state index contributed by atoms with van der Waals surface area (Å²) in [5.74, 6) is 0.627. The minimum Gasteiger partial charge on any atom is -0.385 e. The van der Waals surface area contributed by atoms with Gasteiger partial charge in [0.05, 0.1) is 0 Å². The van der Waals surface area contributed by atoms with Crippen LogP contribution in [0.4, 0.5) is 4.39 Å². The smallest absolute Gasteiger partial charge is 0.191 e. The first-order valence-electron chi connectivity index (χ1n) is 10.4. The summed E-state index contributed by atoms with van der Waals surface area (Å²) in [5.41, 5.74) is 1.23. The molecule has 3 rings (SSSR count). The standard InChI is InChI=1S/C22H34FN3O2.HI/c1-24-20(25-16-21(7-4-8-21)9-12-27-2)26-17-22(10-13-28-14-11-22)18-5-3-6-19(23)15-18;/h3,5-6,15H,4,7-14,16-17H2,1-2H3,(H2,24,25,26);1H. The molecule has 2 N–H and O–H groups in total. The summed E-state index contributed by atoms with van der Waals surface area (Å²) in [6.45, 7) is 3.82. The molecule has 0 amide bonds. The molecular formula is C22H35FIN3O2. The molecule has 1 saturated carbocycles. The topological polar surface area (TPSA) is 54.9 Å². The summed E-state index contributed by atoms with van der Waals surface area (Å²) in [7, 11) is 3.57. The van der Waals surface area contributed by atoms with Gasteiger partial charge in [-0.25, -0.2) is 4.39 Å². The molecule has 1 heterocycles. The van der Waals surface area contributed by atoms with Gasteiger partial charge in [0.15, 0.2) is 5.96 Å². The third kappa shape index (κ3) is 6.28. The van der Waals surface area contributed by atoms with Gasteiger partial charge in [0.2, 0.25) is 0 Å². The second-order valence-corrected chi connectivity index (χ2v) is 8.28. The van der Waals surface area contributed by atoms with Crippen LogP contribution < -0.4 is 10.6 Å². The lowest BCUT2D eigenvalue weighted by Crippen LogP contribution is -2.51. The Morgan fingerprint density at radius 1 is 1.17 bits per heavy atom. The van der Waals surface area contributed by atoms with Crippen LogP contribution in [0, 0.1) is 11.2 Å². The molecule has 1 aliphatic heterocycles. The van der Waals surface area contributed by atoms with Crippen LogP contribution in [0.2, 0.25) is 0 Å². The number of hydrogen-bond acceptors (Lipinski definition) is 3. The first kappa shape index (κ1) is 24.3. The van der Waals surface area contributed by atoms with E-state index in [2.05, 4.69) is 15.6 Å². The van der Waals surface area contributed by atoms with E-state index in [0.717, 1.165) is 43.9 Å². The van der Waals surface area contributed by atoms with E-state index in [1.54, 1.807) is 26.3 Å². The van der Waals surface area contributed by atoms with Gasteiger partial charge in [0.1, 0.15) is 5.82 Å². The maximum Gasteiger partial charge on any atom is 0.191 e. The molecular weight excluding hydrogens is 484 g/mol. The van der Waals surface area contributed by atoms with E-state index >= 15 is 0 Å². The Labute approximate surface area is 191 Å². The van der Waals surface area contributed by atoms with Gasteiger partial charge in [0, 0.05) is 52.5 Å². The third-order valence-corrected chi connectivity index (χ3v) is 6.59. The van der Waals surface area contributed by atoms with Crippen LogP contribution in [-0.2, 0) is 14.9 Å². The summed E-state index contributed by atoms with van der Waals surface area (Å²) >= 11 is 0. The summed E-state index contributed by atoms with van der Waals surface area (Å²) in [6.07, 6.45) is 6.60. The van der Waals surface area contributed by atoms with Gasteiger partial charge in [-0.15, -0.1) is 24.0 Å². The summed E-state index contributed by atoms with van der Waals surface area (Å²) in [5, 5.41) is 7.02. The number of methoxy groups -OCH3 is 1. The normalized spacial score (nSPS) is 20.3. The quantitative estimate of drug-likeness (QED) is 0.311. The van der Waals surface area contributed by atoms with Gasteiger partial charge in [0.25, 0.3) is 0 Å². The molecule has 0 radical (unpaired) electrons. The lowest BCUT2D eigenvalue weighted by molar-refractivity contribution is 0.0511. The number of halogens is 2. The highest BCUT2D eigenvalue weighted by molar-refractivity contribution is 14.0. The second-order valence-electron chi connectivity index (χ2n) is 8.28. The number of aliphatic imine (C=N–C) groups is 1. The number of ether oxygens (including phenoxy) is 2. The molecule has 2 fully saturated rings. The molecule has 5 nitrogen and oxygen atoms in total. The Bertz CT molecular complexity index is 661. The van der Waals surface area contributed by atoms with Crippen molar-refractivity contribution in [3.63, 3.8) is 0 Å². The zero-order chi connectivity index (χ0) is 19.9. The Morgan fingerprint density at radius 2 is 1.90 bits per heavy atom. The van der Waals surface area contributed by atoms with Crippen molar-refractivity contribution in [1.29, 1.82) is 0 Å². The van der Waals surface area contributed by atoms with Crippen molar-refractivity contribution < 1.29 is 13.9 Å². The van der Waals surface area contributed by atoms with E-state index in [1.165, 1.54) is 25.3 Å². The zero-order valence-corrected chi connectivity index (χ0v) is 20.0. The molecule has 1 aromatic carbocycles. The first-order chi connectivity index (χ1) is 13.6. The molecule has 164 valence electrons. The molecule has 1 aromatic rings. The van der Waals surface area contributed by atoms with Gasteiger partial charge >= 0.3 is 0 Å². The maximum absolute atomic E-state index is 13.9. The number of guanidine groups is 1. The van der Waals surface area contributed by atoms with E-state index in [9.17, 15) is 4.39 Å². The molecule has 0 bridgehead atoms. The number of benzene rings is 1. The van der Waals surface area contributed by atoms with Crippen molar-refractivity contribution in [2.45, 2.75) is 43.9 Å². The molecule has 1 aliphatic carbocycles. The Hall–Kier alpha value is -0.930. The van der Waals surface area contributed by atoms with Gasteiger partial charge in [-0.1, -0.05) is 18.6 Å². The molecule has 0 atom stereocenters. The van der Waals surface area contributed by atoms with Crippen LogP contribution in [0.15, 0.2) is 29.3 Å². The highest BCUT2D eigenvalue weighted by Gasteiger charge is 2.37. The van der Waals surface area contributed by atoms with E-state index in [4.69, 9.17) is 9.47 Å². The molecule has 2 aliphatic rings. The van der Waals surface area contributed by atoms with E-state index in [1.807, 2.05) is 6.07 Å². The van der Waals surface area contributed by atoms with Gasteiger partial charge in [-0.05, 0) is 55.2 Å². The largest absolute Gasteiger partial charge is 0.385 e. The van der Waals surface area contributed by atoms with Crippen LogP contribution in [0.25, 0.3) is 0 Å². The molecule has 0 aromatic heterocycles. The third-order valence-electron chi connectivity index (χ3n) is 6.59. The first-order valence-corrected chi connectivity index (χ1v) is 10.4.